The molecule has 1 atom stereocenters. The normalized spacial score (nSPS) is 13.2. The second-order valence-electron chi connectivity index (χ2n) is 6.35. The van der Waals surface area contributed by atoms with E-state index in [1.807, 2.05) is 0 Å². The Hall–Kier alpha value is -3.42. The highest BCUT2D eigenvalue weighted by molar-refractivity contribution is 5.95. The van der Waals surface area contributed by atoms with Gasteiger partial charge in [0.05, 0.1) is 20.6 Å². The molecule has 0 saturated carbocycles. The lowest BCUT2D eigenvalue weighted by Crippen LogP contribution is -2.30. The van der Waals surface area contributed by atoms with Gasteiger partial charge in [0.1, 0.15) is 13.2 Å². The fourth-order valence-electron chi connectivity index (χ4n) is 2.81. The Morgan fingerprint density at radius 1 is 1.00 bits per heavy atom. The summed E-state index contributed by atoms with van der Waals surface area (Å²) >= 11 is 0. The van der Waals surface area contributed by atoms with Crippen LogP contribution in [0.2, 0.25) is 0 Å². The molecule has 0 unspecified atom stereocenters. The summed E-state index contributed by atoms with van der Waals surface area (Å²) in [7, 11) is 3.03. The molecule has 0 fully saturated rings. The largest absolute Gasteiger partial charge is 0.493 e. The van der Waals surface area contributed by atoms with Crippen molar-refractivity contribution in [1.29, 1.82) is 0 Å². The molecule has 1 amide bonds. The summed E-state index contributed by atoms with van der Waals surface area (Å²) in [6, 6.07) is 10.2. The predicted octanol–water partition coefficient (Wildman–Crippen LogP) is 2.59. The predicted molar refractivity (Wildman–Crippen MR) is 105 cm³/mol. The first kappa shape index (κ1) is 20.3. The quantitative estimate of drug-likeness (QED) is 0.713. The highest BCUT2D eigenvalue weighted by atomic mass is 16.6. The van der Waals surface area contributed by atoms with Crippen molar-refractivity contribution in [3.8, 4) is 23.0 Å². The van der Waals surface area contributed by atoms with E-state index in [0.717, 1.165) is 0 Å². The average molecular weight is 401 g/mol. The van der Waals surface area contributed by atoms with Crippen LogP contribution in [0.25, 0.3) is 0 Å². The Morgan fingerprint density at radius 2 is 1.72 bits per heavy atom. The number of amides is 1. The van der Waals surface area contributed by atoms with Gasteiger partial charge in [0.25, 0.3) is 5.91 Å². The molecule has 1 aliphatic heterocycles. The van der Waals surface area contributed by atoms with Crippen molar-refractivity contribution in [3.05, 3.63) is 42.0 Å². The number of methoxy groups -OCH3 is 2. The number of anilines is 1. The number of hydrogen-bond donors (Lipinski definition) is 1. The molecule has 2 aromatic rings. The molecule has 0 spiro atoms. The van der Waals surface area contributed by atoms with Crippen molar-refractivity contribution in [2.45, 2.75) is 19.4 Å². The second-order valence-corrected chi connectivity index (χ2v) is 6.35. The van der Waals surface area contributed by atoms with E-state index >= 15 is 0 Å². The maximum Gasteiger partial charge on any atom is 0.311 e. The Balaban J connectivity index is 1.56. The SMILES string of the molecule is COc1ccc(NC(=O)[C@@H](C)OC(=O)Cc2ccc3c(c2)OCCO3)cc1OC. The summed E-state index contributed by atoms with van der Waals surface area (Å²) in [4.78, 5) is 24.6. The van der Waals surface area contributed by atoms with Gasteiger partial charge in [-0.25, -0.2) is 0 Å². The van der Waals surface area contributed by atoms with E-state index in [-0.39, 0.29) is 6.42 Å². The van der Waals surface area contributed by atoms with Gasteiger partial charge in [-0.15, -0.1) is 0 Å². The Labute approximate surface area is 168 Å². The third kappa shape index (κ3) is 5.10. The summed E-state index contributed by atoms with van der Waals surface area (Å²) in [6.45, 7) is 2.48. The monoisotopic (exact) mass is 401 g/mol. The van der Waals surface area contributed by atoms with E-state index in [2.05, 4.69) is 5.32 Å². The van der Waals surface area contributed by atoms with Crippen LogP contribution in [-0.4, -0.2) is 45.4 Å². The number of nitrogens with one attached hydrogen (secondary N) is 1. The zero-order chi connectivity index (χ0) is 20.8. The van der Waals surface area contributed by atoms with Gasteiger partial charge in [0.15, 0.2) is 29.1 Å². The molecule has 0 radical (unpaired) electrons. The van der Waals surface area contributed by atoms with Crippen LogP contribution in [-0.2, 0) is 20.7 Å². The van der Waals surface area contributed by atoms with E-state index in [1.165, 1.54) is 21.1 Å². The third-order valence-electron chi connectivity index (χ3n) is 4.28. The lowest BCUT2D eigenvalue weighted by molar-refractivity contribution is -0.152. The van der Waals surface area contributed by atoms with Crippen molar-refractivity contribution in [3.63, 3.8) is 0 Å². The molecule has 8 nitrogen and oxygen atoms in total. The highest BCUT2D eigenvalue weighted by Crippen LogP contribution is 2.31. The van der Waals surface area contributed by atoms with E-state index in [1.54, 1.807) is 36.4 Å². The summed E-state index contributed by atoms with van der Waals surface area (Å²) in [5.74, 6) is 1.30. The topological polar surface area (TPSA) is 92.3 Å². The summed E-state index contributed by atoms with van der Waals surface area (Å²) in [5.41, 5.74) is 1.22. The Morgan fingerprint density at radius 3 is 2.45 bits per heavy atom. The summed E-state index contributed by atoms with van der Waals surface area (Å²) < 4.78 is 26.6. The lowest BCUT2D eigenvalue weighted by Gasteiger charge is -2.19. The van der Waals surface area contributed by atoms with Gasteiger partial charge in [0.2, 0.25) is 0 Å². The third-order valence-corrected chi connectivity index (χ3v) is 4.28. The number of rotatable bonds is 7. The van der Waals surface area contributed by atoms with Gasteiger partial charge >= 0.3 is 5.97 Å². The molecule has 29 heavy (non-hydrogen) atoms. The minimum absolute atomic E-state index is 0.0185. The van der Waals surface area contributed by atoms with Crippen molar-refractivity contribution >= 4 is 17.6 Å². The van der Waals surface area contributed by atoms with Crippen molar-refractivity contribution in [2.75, 3.05) is 32.8 Å². The number of hydrogen-bond acceptors (Lipinski definition) is 7. The average Bonchev–Trinajstić information content (AvgIpc) is 2.73. The first-order valence-corrected chi connectivity index (χ1v) is 9.11. The standard InChI is InChI=1S/C21H23NO7/c1-13(21(24)22-15-5-7-16(25-2)18(12-15)26-3)29-20(23)11-14-4-6-17-19(10-14)28-9-8-27-17/h4-7,10,12-13H,8-9,11H2,1-3H3,(H,22,24)/t13-/m1/s1. The molecule has 0 aromatic heterocycles. The van der Waals surface area contributed by atoms with Crippen molar-refractivity contribution in [1.82, 2.24) is 0 Å². The van der Waals surface area contributed by atoms with Crippen LogP contribution in [0.3, 0.4) is 0 Å². The number of fused-ring (bicyclic) bond motifs is 1. The summed E-state index contributed by atoms with van der Waals surface area (Å²) in [5, 5.41) is 2.69. The molecular formula is C21H23NO7. The molecule has 1 heterocycles. The Kier molecular flexibility index (Phi) is 6.43. The molecule has 154 valence electrons. The van der Waals surface area contributed by atoms with Gasteiger partial charge in [-0.2, -0.15) is 0 Å². The van der Waals surface area contributed by atoms with E-state index in [4.69, 9.17) is 23.7 Å². The minimum atomic E-state index is -0.965. The smallest absolute Gasteiger partial charge is 0.311 e. The number of benzene rings is 2. The van der Waals surface area contributed by atoms with Gasteiger partial charge in [-0.1, -0.05) is 6.07 Å². The number of ether oxygens (including phenoxy) is 5. The second kappa shape index (κ2) is 9.18. The molecule has 3 rings (SSSR count). The fourth-order valence-corrected chi connectivity index (χ4v) is 2.81. The maximum atomic E-state index is 12.3. The van der Waals surface area contributed by atoms with Gasteiger partial charge in [-0.05, 0) is 36.8 Å². The zero-order valence-electron chi connectivity index (χ0n) is 16.5. The van der Waals surface area contributed by atoms with E-state index in [9.17, 15) is 9.59 Å². The van der Waals surface area contributed by atoms with Crippen molar-refractivity contribution in [2.24, 2.45) is 0 Å². The zero-order valence-corrected chi connectivity index (χ0v) is 16.5. The van der Waals surface area contributed by atoms with Gasteiger partial charge in [0, 0.05) is 11.8 Å². The van der Waals surface area contributed by atoms with Gasteiger partial charge in [-0.3, -0.25) is 9.59 Å². The molecule has 0 saturated heterocycles. The molecule has 1 aliphatic rings. The van der Waals surface area contributed by atoms with E-state index in [0.29, 0.717) is 47.5 Å². The highest BCUT2D eigenvalue weighted by Gasteiger charge is 2.20. The number of carbonyl (C=O) groups is 2. The number of esters is 1. The van der Waals surface area contributed by atoms with Gasteiger partial charge < -0.3 is 29.0 Å². The molecular weight excluding hydrogens is 378 g/mol. The first-order valence-electron chi connectivity index (χ1n) is 9.11. The van der Waals surface area contributed by atoms with Crippen molar-refractivity contribution < 1.29 is 33.3 Å². The number of carbonyl (C=O) groups excluding carboxylic acids is 2. The summed E-state index contributed by atoms with van der Waals surface area (Å²) in [6.07, 6.45) is -0.947. The van der Waals surface area contributed by atoms with Crippen LogP contribution >= 0.6 is 0 Å². The van der Waals surface area contributed by atoms with Crippen LogP contribution in [0.15, 0.2) is 36.4 Å². The molecule has 2 aromatic carbocycles. The van der Waals surface area contributed by atoms with Crippen LogP contribution in [0.1, 0.15) is 12.5 Å². The van der Waals surface area contributed by atoms with Crippen LogP contribution in [0, 0.1) is 0 Å². The minimum Gasteiger partial charge on any atom is -0.493 e. The van der Waals surface area contributed by atoms with Crippen LogP contribution < -0.4 is 24.3 Å². The molecule has 0 aliphatic carbocycles. The molecule has 0 bridgehead atoms. The first-order chi connectivity index (χ1) is 14.0. The van der Waals surface area contributed by atoms with Crippen LogP contribution in [0.4, 0.5) is 5.69 Å². The van der Waals surface area contributed by atoms with E-state index < -0.39 is 18.0 Å². The van der Waals surface area contributed by atoms with Crippen LogP contribution in [0.5, 0.6) is 23.0 Å². The lowest BCUT2D eigenvalue weighted by atomic mass is 10.1. The fraction of sp³-hybridized carbons (Fsp3) is 0.333. The molecule has 8 heteroatoms. The Bertz CT molecular complexity index is 897. The molecule has 1 N–H and O–H groups in total. The maximum absolute atomic E-state index is 12.3.